The number of carboxylic acids is 1. The molecule has 2 rings (SSSR count). The van der Waals surface area contributed by atoms with Crippen molar-refractivity contribution in [3.05, 3.63) is 28.0 Å². The first-order valence-electron chi connectivity index (χ1n) is 4.23. The highest BCUT2D eigenvalue weighted by molar-refractivity contribution is 6.36. The van der Waals surface area contributed by atoms with Gasteiger partial charge in [0.2, 0.25) is 0 Å². The zero-order chi connectivity index (χ0) is 12.1. The zero-order valence-electron chi connectivity index (χ0n) is 7.68. The number of carboxylic acid groups (broad SMARTS) is 1. The first-order chi connectivity index (χ1) is 7.33. The lowest BCUT2D eigenvalue weighted by atomic mass is 9.96. The van der Waals surface area contributed by atoms with E-state index in [0.717, 1.165) is 12.4 Å². The molecule has 1 atom stereocenters. The molecule has 1 saturated carbocycles. The Morgan fingerprint density at radius 3 is 2.12 bits per heavy atom. The molecule has 1 fully saturated rings. The van der Waals surface area contributed by atoms with Gasteiger partial charge in [-0.15, -0.1) is 0 Å². The first kappa shape index (κ1) is 11.5. The fourth-order valence-electron chi connectivity index (χ4n) is 1.72. The van der Waals surface area contributed by atoms with Crippen LogP contribution in [0.4, 0.5) is 8.78 Å². The molecular weight excluding hydrogens is 263 g/mol. The van der Waals surface area contributed by atoms with Crippen molar-refractivity contribution in [3.8, 4) is 0 Å². The van der Waals surface area contributed by atoms with Crippen LogP contribution >= 0.6 is 23.2 Å². The molecule has 0 saturated heterocycles. The van der Waals surface area contributed by atoms with Crippen LogP contribution in [-0.4, -0.2) is 22.0 Å². The van der Waals surface area contributed by atoms with Gasteiger partial charge in [0.05, 0.1) is 10.0 Å². The van der Waals surface area contributed by atoms with E-state index in [1.165, 1.54) is 0 Å². The molecule has 1 heterocycles. The minimum atomic E-state index is -3.33. The van der Waals surface area contributed by atoms with E-state index in [-0.39, 0.29) is 15.6 Å². The minimum Gasteiger partial charge on any atom is -0.480 e. The van der Waals surface area contributed by atoms with Crippen LogP contribution in [-0.2, 0) is 10.2 Å². The number of hydrogen-bond acceptors (Lipinski definition) is 2. The summed E-state index contributed by atoms with van der Waals surface area (Å²) in [7, 11) is 0. The standard InChI is InChI=1S/C9H5Cl2F2NO2/c10-4-1-14-2-5(11)6(4)8(7(15)16)3-9(8,12)13/h1-2H,3H2,(H,15,16). The van der Waals surface area contributed by atoms with Crippen LogP contribution < -0.4 is 0 Å². The average molecular weight is 268 g/mol. The van der Waals surface area contributed by atoms with Gasteiger partial charge in [-0.05, 0) is 0 Å². The Morgan fingerprint density at radius 1 is 1.38 bits per heavy atom. The van der Waals surface area contributed by atoms with E-state index in [1.54, 1.807) is 0 Å². The van der Waals surface area contributed by atoms with E-state index in [9.17, 15) is 13.6 Å². The van der Waals surface area contributed by atoms with Gasteiger partial charge in [0.1, 0.15) is 0 Å². The number of carbonyl (C=O) groups is 1. The third-order valence-corrected chi connectivity index (χ3v) is 3.21. The van der Waals surface area contributed by atoms with Crippen LogP contribution in [0.2, 0.25) is 10.0 Å². The number of nitrogens with zero attached hydrogens (tertiary/aromatic N) is 1. The normalized spacial score (nSPS) is 26.5. The van der Waals surface area contributed by atoms with E-state index in [1.807, 2.05) is 0 Å². The van der Waals surface area contributed by atoms with Crippen molar-refractivity contribution in [2.75, 3.05) is 0 Å². The van der Waals surface area contributed by atoms with Crippen molar-refractivity contribution in [1.29, 1.82) is 0 Å². The van der Waals surface area contributed by atoms with Crippen molar-refractivity contribution in [2.45, 2.75) is 17.8 Å². The number of alkyl halides is 2. The highest BCUT2D eigenvalue weighted by atomic mass is 35.5. The summed E-state index contributed by atoms with van der Waals surface area (Å²) in [5.41, 5.74) is -2.56. The van der Waals surface area contributed by atoms with Gasteiger partial charge in [-0.1, -0.05) is 23.2 Å². The maximum Gasteiger partial charge on any atom is 0.320 e. The molecule has 0 aromatic carbocycles. The number of pyridine rings is 1. The molecule has 1 aliphatic carbocycles. The maximum atomic E-state index is 13.2. The summed E-state index contributed by atoms with van der Waals surface area (Å²) in [5.74, 6) is -4.96. The fraction of sp³-hybridized carbons (Fsp3) is 0.333. The summed E-state index contributed by atoms with van der Waals surface area (Å²) in [6.07, 6.45) is 1.41. The van der Waals surface area contributed by atoms with Crippen LogP contribution in [0.1, 0.15) is 12.0 Å². The summed E-state index contributed by atoms with van der Waals surface area (Å²) in [6, 6.07) is 0. The molecule has 0 aliphatic heterocycles. The van der Waals surface area contributed by atoms with Gasteiger partial charge in [-0.25, -0.2) is 8.78 Å². The molecule has 1 unspecified atom stereocenters. The van der Waals surface area contributed by atoms with Gasteiger partial charge >= 0.3 is 5.97 Å². The number of halogens is 4. The Balaban J connectivity index is 2.64. The Labute approximate surface area is 99.0 Å². The molecule has 0 radical (unpaired) electrons. The van der Waals surface area contributed by atoms with Crippen molar-refractivity contribution >= 4 is 29.2 Å². The molecule has 3 nitrogen and oxygen atoms in total. The number of hydrogen-bond donors (Lipinski definition) is 1. The Morgan fingerprint density at radius 2 is 1.81 bits per heavy atom. The molecule has 7 heteroatoms. The predicted molar refractivity (Wildman–Crippen MR) is 53.1 cm³/mol. The smallest absolute Gasteiger partial charge is 0.320 e. The highest BCUT2D eigenvalue weighted by Gasteiger charge is 2.78. The monoisotopic (exact) mass is 267 g/mol. The SMILES string of the molecule is O=C(O)C1(c2c(Cl)cncc2Cl)CC1(F)F. The van der Waals surface area contributed by atoms with Gasteiger partial charge in [0.15, 0.2) is 5.41 Å². The summed E-state index contributed by atoms with van der Waals surface area (Å²) >= 11 is 11.4. The average Bonchev–Trinajstić information content (AvgIpc) is 2.70. The van der Waals surface area contributed by atoms with Crippen LogP contribution in [0.5, 0.6) is 0 Å². The lowest BCUT2D eigenvalue weighted by molar-refractivity contribution is -0.142. The fourth-order valence-corrected chi connectivity index (χ4v) is 2.41. The molecule has 0 amide bonds. The van der Waals surface area contributed by atoms with Crippen LogP contribution in [0.25, 0.3) is 0 Å². The van der Waals surface area contributed by atoms with E-state index >= 15 is 0 Å². The number of rotatable bonds is 2. The second kappa shape index (κ2) is 3.28. The second-order valence-corrected chi connectivity index (χ2v) is 4.38. The predicted octanol–water partition coefficient (Wildman–Crippen LogP) is 2.75. The highest BCUT2D eigenvalue weighted by Crippen LogP contribution is 2.64. The van der Waals surface area contributed by atoms with Crippen LogP contribution in [0.15, 0.2) is 12.4 Å². The lowest BCUT2D eigenvalue weighted by Gasteiger charge is -2.14. The summed E-state index contributed by atoms with van der Waals surface area (Å²) < 4.78 is 26.5. The van der Waals surface area contributed by atoms with Crippen LogP contribution in [0.3, 0.4) is 0 Å². The summed E-state index contributed by atoms with van der Waals surface area (Å²) in [4.78, 5) is 14.6. The van der Waals surface area contributed by atoms with Crippen molar-refractivity contribution < 1.29 is 18.7 Å². The first-order valence-corrected chi connectivity index (χ1v) is 4.99. The van der Waals surface area contributed by atoms with Gasteiger partial charge < -0.3 is 5.11 Å². The van der Waals surface area contributed by atoms with E-state index < -0.39 is 23.7 Å². The lowest BCUT2D eigenvalue weighted by Crippen LogP contribution is -2.28. The largest absolute Gasteiger partial charge is 0.480 e. The summed E-state index contributed by atoms with van der Waals surface area (Å²) in [6.45, 7) is 0. The van der Waals surface area contributed by atoms with Crippen molar-refractivity contribution in [1.82, 2.24) is 4.98 Å². The van der Waals surface area contributed by atoms with Gasteiger partial charge in [-0.2, -0.15) is 0 Å². The van der Waals surface area contributed by atoms with E-state index in [4.69, 9.17) is 28.3 Å². The summed E-state index contributed by atoms with van der Waals surface area (Å²) in [5, 5.41) is 8.60. The molecule has 1 aliphatic rings. The van der Waals surface area contributed by atoms with E-state index in [2.05, 4.69) is 4.98 Å². The number of aromatic nitrogens is 1. The van der Waals surface area contributed by atoms with Gasteiger partial charge in [0.25, 0.3) is 5.92 Å². The van der Waals surface area contributed by atoms with Gasteiger partial charge in [-0.3, -0.25) is 9.78 Å². The molecule has 0 bridgehead atoms. The topological polar surface area (TPSA) is 50.2 Å². The van der Waals surface area contributed by atoms with E-state index in [0.29, 0.717) is 0 Å². The molecule has 86 valence electrons. The van der Waals surface area contributed by atoms with Crippen molar-refractivity contribution in [3.63, 3.8) is 0 Å². The third kappa shape index (κ3) is 1.31. The number of aliphatic carboxylic acids is 1. The minimum absolute atomic E-state index is 0.160. The third-order valence-electron chi connectivity index (χ3n) is 2.63. The Bertz CT molecular complexity index is 460. The van der Waals surface area contributed by atoms with Gasteiger partial charge in [0, 0.05) is 24.4 Å². The second-order valence-electron chi connectivity index (χ2n) is 3.57. The molecular formula is C9H5Cl2F2NO2. The molecule has 16 heavy (non-hydrogen) atoms. The zero-order valence-corrected chi connectivity index (χ0v) is 9.19. The molecule has 1 N–H and O–H groups in total. The molecule has 1 aromatic heterocycles. The Hall–Kier alpha value is -0.940. The van der Waals surface area contributed by atoms with Crippen LogP contribution in [0, 0.1) is 0 Å². The molecule has 0 spiro atoms. The molecule has 1 aromatic rings. The van der Waals surface area contributed by atoms with Crippen molar-refractivity contribution in [2.24, 2.45) is 0 Å². The quantitative estimate of drug-likeness (QED) is 0.897. The Kier molecular flexibility index (Phi) is 2.36. The maximum absolute atomic E-state index is 13.2.